The number of pyridine rings is 1. The van der Waals surface area contributed by atoms with E-state index >= 15 is 4.39 Å². The normalized spacial score (nSPS) is 22.9. The number of aliphatic hydroxyl groups is 1. The van der Waals surface area contributed by atoms with Gasteiger partial charge in [0.1, 0.15) is 0 Å². The molecular weight excluding hydrogens is 329 g/mol. The maximum absolute atomic E-state index is 15.5. The van der Waals surface area contributed by atoms with Gasteiger partial charge in [0.25, 0.3) is 0 Å². The molecule has 0 spiro atoms. The van der Waals surface area contributed by atoms with Crippen LogP contribution in [0, 0.1) is 6.92 Å². The number of aryl methyl sites for hydroxylation is 1. The van der Waals surface area contributed by atoms with Crippen LogP contribution in [-0.4, -0.2) is 15.9 Å². The lowest BCUT2D eigenvalue weighted by Crippen LogP contribution is -2.37. The summed E-state index contributed by atoms with van der Waals surface area (Å²) in [7, 11) is 0. The van der Waals surface area contributed by atoms with Gasteiger partial charge in [0.15, 0.2) is 11.5 Å². The molecule has 0 amide bonds. The van der Waals surface area contributed by atoms with E-state index < -0.39 is 17.6 Å². The van der Waals surface area contributed by atoms with Crippen LogP contribution in [0.2, 0.25) is 5.02 Å². The van der Waals surface area contributed by atoms with E-state index in [0.717, 1.165) is 11.1 Å². The lowest BCUT2D eigenvalue weighted by Gasteiger charge is -2.32. The fourth-order valence-electron chi connectivity index (χ4n) is 3.33. The zero-order chi connectivity index (χ0) is 17.3. The second kappa shape index (κ2) is 6.61. The quantitative estimate of drug-likeness (QED) is 0.900. The van der Waals surface area contributed by atoms with Gasteiger partial charge in [-0.15, -0.1) is 0 Å². The number of fused-ring (bicyclic) bond motifs is 1. The molecule has 3 rings (SSSR count). The number of carbonyl (C=O) groups is 1. The van der Waals surface area contributed by atoms with Gasteiger partial charge < -0.3 is 5.11 Å². The molecule has 0 bridgehead atoms. The summed E-state index contributed by atoms with van der Waals surface area (Å²) in [5.41, 5.74) is 0.249. The van der Waals surface area contributed by atoms with Crippen molar-refractivity contribution in [1.82, 2.24) is 4.98 Å². The third-order valence-corrected chi connectivity index (χ3v) is 5.09. The molecule has 0 radical (unpaired) electrons. The Morgan fingerprint density at radius 1 is 1.42 bits per heavy atom. The molecule has 1 heterocycles. The van der Waals surface area contributed by atoms with E-state index in [9.17, 15) is 9.90 Å². The monoisotopic (exact) mass is 347 g/mol. The Hall–Kier alpha value is -1.78. The molecule has 24 heavy (non-hydrogen) atoms. The maximum Gasteiger partial charge on any atom is 0.195 e. The van der Waals surface area contributed by atoms with Gasteiger partial charge in [-0.2, -0.15) is 0 Å². The zero-order valence-electron chi connectivity index (χ0n) is 13.4. The lowest BCUT2D eigenvalue weighted by atomic mass is 9.77. The van der Waals surface area contributed by atoms with Crippen LogP contribution in [0.15, 0.2) is 36.5 Å². The second-order valence-corrected chi connectivity index (χ2v) is 6.66. The molecule has 0 unspecified atom stereocenters. The SMILES string of the molecule is Cc1cccc(Cl)c1CCC(=O)[C@@]1(F)CC[C@@H](O)c2ncccc21. The third-order valence-electron chi connectivity index (χ3n) is 4.74. The molecular formula is C19H19ClFNO2. The van der Waals surface area contributed by atoms with Crippen molar-refractivity contribution >= 4 is 17.4 Å². The summed E-state index contributed by atoms with van der Waals surface area (Å²) < 4.78 is 15.5. The Morgan fingerprint density at radius 3 is 2.96 bits per heavy atom. The van der Waals surface area contributed by atoms with Crippen molar-refractivity contribution in [2.75, 3.05) is 0 Å². The fraction of sp³-hybridized carbons (Fsp3) is 0.368. The van der Waals surface area contributed by atoms with Crippen LogP contribution < -0.4 is 0 Å². The number of hydrogen-bond acceptors (Lipinski definition) is 3. The van der Waals surface area contributed by atoms with Crippen LogP contribution in [0.25, 0.3) is 0 Å². The molecule has 126 valence electrons. The fourth-order valence-corrected chi connectivity index (χ4v) is 3.65. The third kappa shape index (κ3) is 2.96. The number of benzene rings is 1. The molecule has 2 atom stereocenters. The predicted octanol–water partition coefficient (Wildman–Crippen LogP) is 4.24. The van der Waals surface area contributed by atoms with Gasteiger partial charge in [-0.3, -0.25) is 9.78 Å². The Morgan fingerprint density at radius 2 is 2.21 bits per heavy atom. The molecule has 2 aromatic rings. The van der Waals surface area contributed by atoms with E-state index in [1.54, 1.807) is 18.2 Å². The number of aliphatic hydroxyl groups excluding tert-OH is 1. The van der Waals surface area contributed by atoms with Crippen LogP contribution in [0.4, 0.5) is 4.39 Å². The van der Waals surface area contributed by atoms with Gasteiger partial charge in [-0.05, 0) is 49.4 Å². The molecule has 1 aliphatic carbocycles. The van der Waals surface area contributed by atoms with Crippen molar-refractivity contribution in [3.05, 3.63) is 63.9 Å². The van der Waals surface area contributed by atoms with Crippen molar-refractivity contribution in [2.24, 2.45) is 0 Å². The molecule has 1 aromatic heterocycles. The molecule has 5 heteroatoms. The van der Waals surface area contributed by atoms with Crippen molar-refractivity contribution in [3.8, 4) is 0 Å². The molecule has 0 saturated heterocycles. The second-order valence-electron chi connectivity index (χ2n) is 6.25. The highest BCUT2D eigenvalue weighted by Gasteiger charge is 2.45. The number of nitrogens with zero attached hydrogens (tertiary/aromatic N) is 1. The summed E-state index contributed by atoms with van der Waals surface area (Å²) in [6.07, 6.45) is 1.32. The Kier molecular flexibility index (Phi) is 4.70. The van der Waals surface area contributed by atoms with Crippen molar-refractivity contribution in [1.29, 1.82) is 0 Å². The Labute approximate surface area is 145 Å². The van der Waals surface area contributed by atoms with E-state index in [1.807, 2.05) is 19.1 Å². The van der Waals surface area contributed by atoms with E-state index in [0.29, 0.717) is 11.4 Å². The van der Waals surface area contributed by atoms with E-state index in [1.165, 1.54) is 6.20 Å². The number of carbonyl (C=O) groups excluding carboxylic acids is 1. The van der Waals surface area contributed by atoms with E-state index in [2.05, 4.69) is 4.98 Å². The van der Waals surface area contributed by atoms with Crippen LogP contribution in [0.3, 0.4) is 0 Å². The first-order valence-electron chi connectivity index (χ1n) is 8.03. The van der Waals surface area contributed by atoms with Gasteiger partial charge in [0.05, 0.1) is 11.8 Å². The van der Waals surface area contributed by atoms with Crippen molar-refractivity contribution < 1.29 is 14.3 Å². The first-order valence-corrected chi connectivity index (χ1v) is 8.41. The molecule has 3 nitrogen and oxygen atoms in total. The minimum Gasteiger partial charge on any atom is -0.387 e. The average molecular weight is 348 g/mol. The Balaban J connectivity index is 1.84. The lowest BCUT2D eigenvalue weighted by molar-refractivity contribution is -0.133. The molecule has 1 N–H and O–H groups in total. The highest BCUT2D eigenvalue weighted by Crippen LogP contribution is 2.43. The first kappa shape index (κ1) is 17.1. The smallest absolute Gasteiger partial charge is 0.195 e. The number of Topliss-reactive ketones (excluding diaryl/α,β-unsaturated/α-hetero) is 1. The standard InChI is InChI=1S/C19H19ClFNO2/c1-12-4-2-6-15(20)13(12)7-8-17(24)19(21)10-9-16(23)18-14(19)5-3-11-22-18/h2-6,11,16,23H,7-10H2,1H3/t16-,19-/m1/s1. The summed E-state index contributed by atoms with van der Waals surface area (Å²) in [4.78, 5) is 16.7. The summed E-state index contributed by atoms with van der Waals surface area (Å²) in [5, 5.41) is 10.6. The Bertz CT molecular complexity index is 759. The topological polar surface area (TPSA) is 50.2 Å². The summed E-state index contributed by atoms with van der Waals surface area (Å²) in [6, 6.07) is 8.69. The predicted molar refractivity (Wildman–Crippen MR) is 90.7 cm³/mol. The number of aromatic nitrogens is 1. The van der Waals surface area contributed by atoms with Crippen LogP contribution in [0.1, 0.15) is 47.8 Å². The van der Waals surface area contributed by atoms with Crippen LogP contribution >= 0.6 is 11.6 Å². The first-order chi connectivity index (χ1) is 11.4. The van der Waals surface area contributed by atoms with E-state index in [4.69, 9.17) is 11.6 Å². The summed E-state index contributed by atoms with van der Waals surface area (Å²) in [5.74, 6) is -0.483. The van der Waals surface area contributed by atoms with Crippen molar-refractivity contribution in [3.63, 3.8) is 0 Å². The molecule has 1 aromatic carbocycles. The highest BCUT2D eigenvalue weighted by molar-refractivity contribution is 6.31. The van der Waals surface area contributed by atoms with Crippen LogP contribution in [0.5, 0.6) is 0 Å². The number of hydrogen-bond donors (Lipinski definition) is 1. The van der Waals surface area contributed by atoms with Gasteiger partial charge >= 0.3 is 0 Å². The average Bonchev–Trinajstić information content (AvgIpc) is 2.58. The summed E-state index contributed by atoms with van der Waals surface area (Å²) >= 11 is 6.19. The number of alkyl halides is 1. The van der Waals surface area contributed by atoms with Crippen molar-refractivity contribution in [2.45, 2.75) is 44.4 Å². The minimum absolute atomic E-state index is 0.0206. The number of ketones is 1. The van der Waals surface area contributed by atoms with Gasteiger partial charge in [-0.1, -0.05) is 29.8 Å². The van der Waals surface area contributed by atoms with E-state index in [-0.39, 0.29) is 30.5 Å². The minimum atomic E-state index is -2.09. The van der Waals surface area contributed by atoms with Gasteiger partial charge in [0.2, 0.25) is 0 Å². The highest BCUT2D eigenvalue weighted by atomic mass is 35.5. The largest absolute Gasteiger partial charge is 0.387 e. The molecule has 0 aliphatic heterocycles. The van der Waals surface area contributed by atoms with Gasteiger partial charge in [-0.25, -0.2) is 4.39 Å². The van der Waals surface area contributed by atoms with Crippen LogP contribution in [-0.2, 0) is 16.9 Å². The number of rotatable bonds is 4. The zero-order valence-corrected chi connectivity index (χ0v) is 14.2. The van der Waals surface area contributed by atoms with Gasteiger partial charge in [0, 0.05) is 23.2 Å². The number of halogens is 2. The maximum atomic E-state index is 15.5. The molecule has 0 fully saturated rings. The summed E-state index contributed by atoms with van der Waals surface area (Å²) in [6.45, 7) is 1.92. The molecule has 1 aliphatic rings. The molecule has 0 saturated carbocycles.